The molecule has 1 nitrogen and oxygen atoms in total. The Hall–Kier alpha value is -0.450. The van der Waals surface area contributed by atoms with Gasteiger partial charge in [-0.1, -0.05) is 0 Å². The summed E-state index contributed by atoms with van der Waals surface area (Å²) in [5.74, 6) is 0. The van der Waals surface area contributed by atoms with Crippen molar-refractivity contribution >= 4 is 15.5 Å². The Bertz CT molecular complexity index is 228. The highest BCUT2D eigenvalue weighted by atomic mass is 32.2. The lowest BCUT2D eigenvalue weighted by Crippen LogP contribution is -2.35. The maximum absolute atomic E-state index is 12.0. The van der Waals surface area contributed by atoms with Crippen molar-refractivity contribution in [1.29, 1.82) is 0 Å². The highest BCUT2D eigenvalue weighted by Gasteiger charge is 2.38. The molecule has 0 aromatic carbocycles. The van der Waals surface area contributed by atoms with Gasteiger partial charge >= 0.3 is 6.30 Å². The van der Waals surface area contributed by atoms with E-state index in [4.69, 9.17) is 0 Å². The molecule has 0 amide bonds. The zero-order valence-electron chi connectivity index (χ0n) is 6.14. The number of alkyl halides is 3. The molecule has 1 aliphatic rings. The van der Waals surface area contributed by atoms with E-state index in [1.807, 2.05) is 0 Å². The molecule has 0 N–H and O–H groups in total. The van der Waals surface area contributed by atoms with E-state index >= 15 is 0 Å². The summed E-state index contributed by atoms with van der Waals surface area (Å²) in [5.41, 5.74) is 0. The lowest BCUT2D eigenvalue weighted by Gasteiger charge is -2.20. The molecule has 0 radical (unpaired) electrons. The van der Waals surface area contributed by atoms with Crippen molar-refractivity contribution in [3.63, 3.8) is 0 Å². The van der Waals surface area contributed by atoms with E-state index in [1.54, 1.807) is 11.7 Å². The van der Waals surface area contributed by atoms with Crippen molar-refractivity contribution < 1.29 is 13.2 Å². The number of hydrogen-bond acceptors (Lipinski definition) is 1. The van der Waals surface area contributed by atoms with Crippen LogP contribution in [0.2, 0.25) is 0 Å². The minimum atomic E-state index is -4.25. The van der Waals surface area contributed by atoms with E-state index in [9.17, 15) is 13.2 Å². The zero-order valence-corrected chi connectivity index (χ0v) is 6.96. The molecule has 0 aromatic heterocycles. The maximum atomic E-state index is 12.0. The Labute approximate surface area is 65.4 Å². The van der Waals surface area contributed by atoms with Crippen LogP contribution in [-0.4, -0.2) is 22.4 Å². The van der Waals surface area contributed by atoms with Gasteiger partial charge in [0.25, 0.3) is 0 Å². The molecule has 5 heteroatoms. The number of nitrogens with zero attached hydrogens (tertiary/aromatic N) is 1. The lowest BCUT2D eigenvalue weighted by atomic mass is 10.6. The Morgan fingerprint density at radius 3 is 2.18 bits per heavy atom. The molecule has 0 fully saturated rings. The van der Waals surface area contributed by atoms with Crippen LogP contribution in [0, 0.1) is 0 Å². The van der Waals surface area contributed by atoms with E-state index in [0.29, 0.717) is 9.89 Å². The van der Waals surface area contributed by atoms with Crippen molar-refractivity contribution in [2.45, 2.75) is 13.2 Å². The molecule has 1 aliphatic heterocycles. The summed E-state index contributed by atoms with van der Waals surface area (Å²) in [7, 11) is -0.352. The van der Waals surface area contributed by atoms with Crippen LogP contribution in [0.15, 0.2) is 11.6 Å². The predicted molar refractivity (Wildman–Crippen MR) is 41.2 cm³/mol. The Balaban J connectivity index is 2.89. The van der Waals surface area contributed by atoms with E-state index < -0.39 is 6.30 Å². The summed E-state index contributed by atoms with van der Waals surface area (Å²) in [5, 5.41) is 1.56. The van der Waals surface area contributed by atoms with Gasteiger partial charge in [-0.05, 0) is 18.6 Å². The first-order valence-corrected chi connectivity index (χ1v) is 4.65. The van der Waals surface area contributed by atoms with Crippen LogP contribution in [0.1, 0.15) is 6.92 Å². The third kappa shape index (κ3) is 1.58. The molecular weight excluding hydrogens is 175 g/mol. The van der Waals surface area contributed by atoms with E-state index in [1.165, 1.54) is 6.92 Å². The third-order valence-corrected chi connectivity index (χ3v) is 3.15. The molecule has 0 bridgehead atoms. The van der Waals surface area contributed by atoms with Gasteiger partial charge in [-0.15, -0.1) is 23.7 Å². The van der Waals surface area contributed by atoms with Crippen molar-refractivity contribution in [2.75, 3.05) is 6.26 Å². The fourth-order valence-corrected chi connectivity index (χ4v) is 1.75. The first kappa shape index (κ1) is 8.64. The molecule has 1 heterocycles. The van der Waals surface area contributed by atoms with Crippen LogP contribution in [0.25, 0.3) is 0 Å². The average molecular weight is 183 g/mol. The van der Waals surface area contributed by atoms with E-state index in [-0.39, 0.29) is 10.5 Å². The summed E-state index contributed by atoms with van der Waals surface area (Å²) in [4.78, 5) is 0.716. The Morgan fingerprint density at radius 1 is 1.45 bits per heavy atom. The Kier molecular flexibility index (Phi) is 2.00. The summed E-state index contributed by atoms with van der Waals surface area (Å²) >= 11 is 0. The fourth-order valence-electron chi connectivity index (χ4n) is 0.774. The van der Waals surface area contributed by atoms with Crippen LogP contribution < -0.4 is 0 Å². The molecule has 1 atom stereocenters. The molecule has 0 saturated heterocycles. The predicted octanol–water partition coefficient (Wildman–Crippen LogP) is 2.34. The molecule has 0 saturated carbocycles. The van der Waals surface area contributed by atoms with Crippen molar-refractivity contribution in [3.05, 3.63) is 11.6 Å². The van der Waals surface area contributed by atoms with Crippen LogP contribution in [0.3, 0.4) is 0 Å². The van der Waals surface area contributed by atoms with E-state index in [2.05, 4.69) is 0 Å². The van der Waals surface area contributed by atoms with Crippen molar-refractivity contribution in [2.24, 2.45) is 0 Å². The maximum Gasteiger partial charge on any atom is 0.489 e. The molecule has 0 aromatic rings. The highest BCUT2D eigenvalue weighted by Crippen LogP contribution is 2.31. The van der Waals surface area contributed by atoms with Gasteiger partial charge in [-0.25, -0.2) is 0 Å². The molecule has 0 spiro atoms. The first-order valence-electron chi connectivity index (χ1n) is 2.95. The quantitative estimate of drug-likeness (QED) is 0.411. The fraction of sp³-hybridized carbons (Fsp3) is 0.500. The third-order valence-electron chi connectivity index (χ3n) is 1.49. The van der Waals surface area contributed by atoms with Gasteiger partial charge in [0.15, 0.2) is 0 Å². The second-order valence-electron chi connectivity index (χ2n) is 2.20. The van der Waals surface area contributed by atoms with Crippen LogP contribution >= 0.6 is 10.5 Å². The minimum Gasteiger partial charge on any atom is -0.258 e. The lowest BCUT2D eigenvalue weighted by molar-refractivity contribution is -0.200. The summed E-state index contributed by atoms with van der Waals surface area (Å²) in [6.45, 7) is 1.50. The summed E-state index contributed by atoms with van der Waals surface area (Å²) < 4.78 is 36.1. The van der Waals surface area contributed by atoms with Gasteiger partial charge in [0.1, 0.15) is 0 Å². The Morgan fingerprint density at radius 2 is 2.00 bits per heavy atom. The molecule has 0 aliphatic carbocycles. The van der Waals surface area contributed by atoms with Crippen molar-refractivity contribution in [3.8, 4) is 0 Å². The van der Waals surface area contributed by atoms with Crippen LogP contribution in [0.5, 0.6) is 0 Å². The number of halogens is 3. The van der Waals surface area contributed by atoms with E-state index in [0.717, 1.165) is 6.20 Å². The molecular formula is C6H8F3NS. The summed E-state index contributed by atoms with van der Waals surface area (Å²) in [6.07, 6.45) is -1.41. The first-order chi connectivity index (χ1) is 4.93. The second kappa shape index (κ2) is 2.55. The van der Waals surface area contributed by atoms with Gasteiger partial charge in [0.05, 0.1) is 4.99 Å². The largest absolute Gasteiger partial charge is 0.489 e. The van der Waals surface area contributed by atoms with Gasteiger partial charge in [-0.2, -0.15) is 0 Å². The van der Waals surface area contributed by atoms with Crippen LogP contribution in [0.4, 0.5) is 13.2 Å². The summed E-state index contributed by atoms with van der Waals surface area (Å²) in [6, 6.07) is 0. The average Bonchev–Trinajstić information content (AvgIpc) is 2.11. The second-order valence-corrected chi connectivity index (χ2v) is 4.18. The minimum absolute atomic E-state index is 0.352. The zero-order chi connectivity index (χ0) is 8.65. The van der Waals surface area contributed by atoms with Gasteiger partial charge in [0.2, 0.25) is 0 Å². The SMILES string of the molecule is CC1=S(C)C=CN1C(F)(F)F. The number of hydrogen-bond donors (Lipinski definition) is 0. The number of rotatable bonds is 0. The standard InChI is InChI=1S/C6H8F3NS/c1-5-10(6(7,8)9)3-4-11(5)2/h3-4H,1-2H3. The monoisotopic (exact) mass is 183 g/mol. The normalized spacial score (nSPS) is 25.0. The smallest absolute Gasteiger partial charge is 0.258 e. The molecule has 1 rings (SSSR count). The van der Waals surface area contributed by atoms with Gasteiger partial charge in [0, 0.05) is 6.20 Å². The van der Waals surface area contributed by atoms with Gasteiger partial charge < -0.3 is 0 Å². The topological polar surface area (TPSA) is 3.24 Å². The molecule has 64 valence electrons. The highest BCUT2D eigenvalue weighted by molar-refractivity contribution is 8.18. The molecule has 11 heavy (non-hydrogen) atoms. The van der Waals surface area contributed by atoms with Crippen LogP contribution in [-0.2, 0) is 0 Å². The van der Waals surface area contributed by atoms with Gasteiger partial charge in [-0.3, -0.25) is 4.90 Å². The van der Waals surface area contributed by atoms with Crippen molar-refractivity contribution in [1.82, 2.24) is 4.90 Å². The molecule has 1 unspecified atom stereocenters.